The summed E-state index contributed by atoms with van der Waals surface area (Å²) in [4.78, 5) is 30.4. The third-order valence-corrected chi connectivity index (χ3v) is 7.33. The zero-order valence-corrected chi connectivity index (χ0v) is 15.5. The van der Waals surface area contributed by atoms with Crippen molar-refractivity contribution in [3.63, 3.8) is 0 Å². The van der Waals surface area contributed by atoms with Gasteiger partial charge in [-0.3, -0.25) is 15.1 Å². The molecule has 8 heteroatoms. The molecule has 1 amide bonds. The molecule has 3 aliphatic heterocycles. The van der Waals surface area contributed by atoms with Gasteiger partial charge in [0.2, 0.25) is 5.91 Å². The number of carbonyl (C=O) groups is 2. The van der Waals surface area contributed by atoms with E-state index in [-0.39, 0.29) is 29.7 Å². The molecule has 0 aromatic carbocycles. The van der Waals surface area contributed by atoms with Crippen LogP contribution >= 0.6 is 11.8 Å². The predicted octanol–water partition coefficient (Wildman–Crippen LogP) is 0.930. The number of aliphatic carboxylic acids is 1. The summed E-state index contributed by atoms with van der Waals surface area (Å²) >= 11 is 1.64. The van der Waals surface area contributed by atoms with E-state index in [0.717, 1.165) is 24.3 Å². The van der Waals surface area contributed by atoms with Gasteiger partial charge in [0.05, 0.1) is 6.04 Å². The van der Waals surface area contributed by atoms with Crippen molar-refractivity contribution in [2.75, 3.05) is 13.1 Å². The van der Waals surface area contributed by atoms with Crippen LogP contribution in [-0.2, 0) is 9.59 Å². The zero-order valence-electron chi connectivity index (χ0n) is 14.7. The number of nitrogens with two attached hydrogens (primary N) is 1. The summed E-state index contributed by atoms with van der Waals surface area (Å²) < 4.78 is 0. The molecule has 7 nitrogen and oxygen atoms in total. The van der Waals surface area contributed by atoms with Crippen LogP contribution in [0.4, 0.5) is 0 Å². The van der Waals surface area contributed by atoms with Gasteiger partial charge in [-0.1, -0.05) is 12.5 Å². The van der Waals surface area contributed by atoms with Crippen molar-refractivity contribution in [1.29, 1.82) is 0 Å². The first kappa shape index (κ1) is 17.8. The van der Waals surface area contributed by atoms with E-state index >= 15 is 0 Å². The number of amides is 1. The molecule has 4 N–H and O–H groups in total. The first-order valence-electron chi connectivity index (χ1n) is 9.11. The molecule has 5 atom stereocenters. The van der Waals surface area contributed by atoms with E-state index in [1.807, 2.05) is 13.1 Å². The minimum absolute atomic E-state index is 0.0230. The number of nitrogens with zero attached hydrogens (tertiary/aromatic N) is 2. The van der Waals surface area contributed by atoms with Gasteiger partial charge in [-0.05, 0) is 31.4 Å². The Morgan fingerprint density at radius 1 is 1.54 bits per heavy atom. The minimum Gasteiger partial charge on any atom is -0.477 e. The van der Waals surface area contributed by atoms with Crippen molar-refractivity contribution in [2.24, 2.45) is 22.6 Å². The summed E-state index contributed by atoms with van der Waals surface area (Å²) in [6.07, 6.45) is 6.36. The van der Waals surface area contributed by atoms with E-state index < -0.39 is 5.97 Å². The topological polar surface area (TPSA) is 108 Å². The second kappa shape index (κ2) is 6.83. The third-order valence-electron chi connectivity index (χ3n) is 5.82. The Labute approximate surface area is 156 Å². The molecule has 4 aliphatic rings. The summed E-state index contributed by atoms with van der Waals surface area (Å²) in [7, 11) is 0. The molecule has 4 rings (SSSR count). The number of carbonyl (C=O) groups excluding carboxylic acids is 1. The summed E-state index contributed by atoms with van der Waals surface area (Å²) in [5.41, 5.74) is 7.49. The Morgan fingerprint density at radius 3 is 2.96 bits per heavy atom. The Morgan fingerprint density at radius 2 is 2.35 bits per heavy atom. The highest BCUT2D eigenvalue weighted by Crippen LogP contribution is 2.51. The Bertz CT molecular complexity index is 732. The monoisotopic (exact) mass is 376 g/mol. The summed E-state index contributed by atoms with van der Waals surface area (Å²) in [6.45, 7) is 3.41. The molecule has 0 aromatic rings. The van der Waals surface area contributed by atoms with Crippen molar-refractivity contribution < 1.29 is 14.7 Å². The van der Waals surface area contributed by atoms with Crippen LogP contribution in [0.3, 0.4) is 0 Å². The molecule has 3 heterocycles. The van der Waals surface area contributed by atoms with E-state index in [0.29, 0.717) is 24.1 Å². The van der Waals surface area contributed by atoms with Crippen LogP contribution in [0.15, 0.2) is 27.2 Å². The molecular formula is C18H24N4O3S. The first-order chi connectivity index (χ1) is 12.5. The van der Waals surface area contributed by atoms with Gasteiger partial charge in [0.25, 0.3) is 0 Å². The zero-order chi connectivity index (χ0) is 18.4. The van der Waals surface area contributed by atoms with Gasteiger partial charge in [0.1, 0.15) is 11.9 Å². The fraction of sp³-hybridized carbons (Fsp3) is 0.611. The molecule has 0 spiro atoms. The average molecular weight is 376 g/mol. The molecule has 2 fully saturated rings. The van der Waals surface area contributed by atoms with Gasteiger partial charge in [0.15, 0.2) is 0 Å². The van der Waals surface area contributed by atoms with Crippen molar-refractivity contribution in [1.82, 2.24) is 10.2 Å². The summed E-state index contributed by atoms with van der Waals surface area (Å²) in [6, 6.07) is 0.0230. The van der Waals surface area contributed by atoms with E-state index in [1.165, 1.54) is 10.5 Å². The van der Waals surface area contributed by atoms with Crippen LogP contribution in [0.2, 0.25) is 0 Å². The van der Waals surface area contributed by atoms with Gasteiger partial charge in [-0.25, -0.2) is 4.79 Å². The number of thioether (sulfide) groups is 1. The van der Waals surface area contributed by atoms with Crippen molar-refractivity contribution in [2.45, 2.75) is 43.6 Å². The highest BCUT2D eigenvalue weighted by molar-refractivity contribution is 8.03. The lowest BCUT2D eigenvalue weighted by Crippen LogP contribution is -2.51. The maximum atomic E-state index is 11.9. The molecule has 1 saturated carbocycles. The number of hydrogen-bond donors (Lipinski definition) is 3. The van der Waals surface area contributed by atoms with Crippen LogP contribution in [0.1, 0.15) is 26.2 Å². The predicted molar refractivity (Wildman–Crippen MR) is 101 cm³/mol. The number of carboxylic acids is 1. The van der Waals surface area contributed by atoms with Gasteiger partial charge in [0, 0.05) is 35.3 Å². The van der Waals surface area contributed by atoms with Crippen LogP contribution in [0.5, 0.6) is 0 Å². The minimum atomic E-state index is -0.997. The van der Waals surface area contributed by atoms with E-state index in [4.69, 9.17) is 5.73 Å². The number of hydrogen-bond acceptors (Lipinski definition) is 6. The number of nitrogens with one attached hydrogen (secondary N) is 1. The van der Waals surface area contributed by atoms with E-state index in [1.54, 1.807) is 11.8 Å². The standard InChI is InChI=1S/C18H24N4O3S/c1-9-13-7-15(23)22(13)16(18(24)25)17(9)26-12-4-10(11(5-12)8-19)6-14-20-2-3-21-14/h2,6,9,11-14,21H,3-5,7-8,19H2,1H3,(H,24,25)/b10-6+. The molecule has 1 aliphatic carbocycles. The molecular weight excluding hydrogens is 352 g/mol. The van der Waals surface area contributed by atoms with Crippen molar-refractivity contribution >= 4 is 29.9 Å². The number of fused-ring (bicyclic) bond motifs is 1. The van der Waals surface area contributed by atoms with Crippen LogP contribution < -0.4 is 11.1 Å². The molecule has 26 heavy (non-hydrogen) atoms. The second-order valence-corrected chi connectivity index (χ2v) is 8.72. The van der Waals surface area contributed by atoms with Crippen LogP contribution in [0.25, 0.3) is 0 Å². The molecule has 1 saturated heterocycles. The van der Waals surface area contributed by atoms with Crippen LogP contribution in [-0.4, -0.2) is 58.6 Å². The number of carboxylic acid groups (broad SMARTS) is 1. The van der Waals surface area contributed by atoms with E-state index in [2.05, 4.69) is 16.4 Å². The highest BCUT2D eigenvalue weighted by Gasteiger charge is 2.52. The Balaban J connectivity index is 1.53. The van der Waals surface area contributed by atoms with Crippen molar-refractivity contribution in [3.05, 3.63) is 22.3 Å². The third kappa shape index (κ3) is 2.90. The lowest BCUT2D eigenvalue weighted by atomic mass is 9.94. The highest BCUT2D eigenvalue weighted by atomic mass is 32.2. The molecule has 0 radical (unpaired) electrons. The largest absolute Gasteiger partial charge is 0.477 e. The average Bonchev–Trinajstić information content (AvgIpc) is 3.28. The normalized spacial score (nSPS) is 37.6. The van der Waals surface area contributed by atoms with Crippen LogP contribution in [0, 0.1) is 11.8 Å². The quantitative estimate of drug-likeness (QED) is 0.487. The molecule has 5 unspecified atom stereocenters. The van der Waals surface area contributed by atoms with Gasteiger partial charge < -0.3 is 15.7 Å². The lowest BCUT2D eigenvalue weighted by molar-refractivity contribution is -0.148. The maximum Gasteiger partial charge on any atom is 0.353 e. The SMILES string of the molecule is CC1C(SC2C/C(=C\C3N=CCN3)C(CN)C2)=C(C(=O)O)N2C(=O)CC12. The Kier molecular flexibility index (Phi) is 4.66. The number of aliphatic imine (C=N–C) groups is 1. The van der Waals surface area contributed by atoms with Gasteiger partial charge in [-0.2, -0.15) is 0 Å². The Hall–Kier alpha value is -1.64. The fourth-order valence-electron chi connectivity index (χ4n) is 4.41. The molecule has 0 aromatic heterocycles. The summed E-state index contributed by atoms with van der Waals surface area (Å²) in [5.74, 6) is -0.668. The van der Waals surface area contributed by atoms with Gasteiger partial charge in [-0.15, -0.1) is 11.8 Å². The maximum absolute atomic E-state index is 11.9. The molecule has 0 bridgehead atoms. The summed E-state index contributed by atoms with van der Waals surface area (Å²) in [5, 5.41) is 13.2. The molecule has 140 valence electrons. The lowest BCUT2D eigenvalue weighted by Gasteiger charge is -2.37. The van der Waals surface area contributed by atoms with Gasteiger partial charge >= 0.3 is 5.97 Å². The number of β-lactam (4-membered cyclic amide) rings is 1. The van der Waals surface area contributed by atoms with E-state index in [9.17, 15) is 14.7 Å². The first-order valence-corrected chi connectivity index (χ1v) is 9.99. The second-order valence-electron chi connectivity index (χ2n) is 7.38. The number of rotatable bonds is 5. The van der Waals surface area contributed by atoms with Crippen molar-refractivity contribution in [3.8, 4) is 0 Å². The fourth-order valence-corrected chi connectivity index (χ4v) is 6.04. The smallest absolute Gasteiger partial charge is 0.353 e.